The molecular weight excluding hydrogens is 713 g/mol. The van der Waals surface area contributed by atoms with Crippen molar-refractivity contribution in [2.75, 3.05) is 13.2 Å². The first-order chi connectivity index (χ1) is 28.0. The largest absolute Gasteiger partial charge is 0.374 e. The number of benzene rings is 4. The summed E-state index contributed by atoms with van der Waals surface area (Å²) in [6, 6.07) is 40.7. The van der Waals surface area contributed by atoms with Crippen LogP contribution in [0.1, 0.15) is 75.6 Å². The fraction of sp³-hybridized carbons (Fsp3) is 0.480. The quantitative estimate of drug-likeness (QED) is 0.0781. The molecule has 0 aromatic heterocycles. The topological polar surface area (TPSA) is 64.6 Å². The van der Waals surface area contributed by atoms with Gasteiger partial charge in [-0.3, -0.25) is 0 Å². The lowest BCUT2D eigenvalue weighted by molar-refractivity contribution is -0.369. The second-order valence-electron chi connectivity index (χ2n) is 15.5. The minimum atomic E-state index is -1.42. The second-order valence-corrected chi connectivity index (χ2v) is 15.5. The predicted molar refractivity (Wildman–Crippen MR) is 225 cm³/mol. The van der Waals surface area contributed by atoms with Gasteiger partial charge in [-0.2, -0.15) is 0 Å². The fourth-order valence-corrected chi connectivity index (χ4v) is 9.01. The van der Waals surface area contributed by atoms with Crippen molar-refractivity contribution < 1.29 is 33.2 Å². The zero-order valence-electron chi connectivity index (χ0n) is 34.5. The minimum absolute atomic E-state index is 0.119. The summed E-state index contributed by atoms with van der Waals surface area (Å²) in [6.45, 7) is 15.5. The average molecular weight is 777 g/mol. The molecule has 0 unspecified atom stereocenters. The average Bonchev–Trinajstić information content (AvgIpc) is 3.27. The van der Waals surface area contributed by atoms with Crippen LogP contribution in [0, 0.1) is 17.8 Å². The Morgan fingerprint density at radius 1 is 0.509 bits per heavy atom. The third-order valence-corrected chi connectivity index (χ3v) is 11.9. The maximum Gasteiger partial charge on any atom is 0.217 e. The highest BCUT2D eigenvalue weighted by Crippen LogP contribution is 2.44. The summed E-state index contributed by atoms with van der Waals surface area (Å²) >= 11 is 0. The van der Waals surface area contributed by atoms with E-state index in [1.54, 1.807) is 6.08 Å². The maximum atomic E-state index is 7.20. The Labute approximate surface area is 341 Å². The molecule has 6 rings (SSSR count). The third-order valence-electron chi connectivity index (χ3n) is 11.9. The van der Waals surface area contributed by atoms with Gasteiger partial charge in [-0.15, -0.1) is 0 Å². The molecule has 2 saturated heterocycles. The molecule has 2 aliphatic heterocycles. The molecule has 7 nitrogen and oxygen atoms in total. The van der Waals surface area contributed by atoms with Gasteiger partial charge in [0.1, 0.15) is 24.4 Å². The first kappa shape index (κ1) is 42.9. The molecule has 4 aromatic carbocycles. The normalized spacial score (nSPS) is 28.9. The van der Waals surface area contributed by atoms with E-state index >= 15 is 0 Å². The van der Waals surface area contributed by atoms with Crippen molar-refractivity contribution in [2.45, 2.75) is 122 Å². The molecule has 0 saturated carbocycles. The van der Waals surface area contributed by atoms with Crippen molar-refractivity contribution >= 4 is 0 Å². The van der Waals surface area contributed by atoms with Crippen LogP contribution in [0.15, 0.2) is 134 Å². The molecule has 2 fully saturated rings. The molecule has 0 radical (unpaired) electrons. The molecular formula is C50H64O7. The van der Waals surface area contributed by atoms with Gasteiger partial charge in [-0.05, 0) is 52.5 Å². The first-order valence-corrected chi connectivity index (χ1v) is 21.2. The van der Waals surface area contributed by atoms with Crippen LogP contribution in [0.3, 0.4) is 0 Å². The van der Waals surface area contributed by atoms with Crippen molar-refractivity contribution in [2.24, 2.45) is 17.8 Å². The van der Waals surface area contributed by atoms with Crippen molar-refractivity contribution in [1.82, 2.24) is 0 Å². The number of hydrogen-bond acceptors (Lipinski definition) is 7. The summed E-state index contributed by atoms with van der Waals surface area (Å²) < 4.78 is 48.7. The Kier molecular flexibility index (Phi) is 16.5. The summed E-state index contributed by atoms with van der Waals surface area (Å²) in [5, 5.41) is 0. The summed E-state index contributed by atoms with van der Waals surface area (Å²) in [5.41, 5.74) is 4.18. The van der Waals surface area contributed by atoms with Gasteiger partial charge in [0, 0.05) is 0 Å². The molecule has 10 atom stereocenters. The van der Waals surface area contributed by atoms with Crippen LogP contribution in [-0.4, -0.2) is 55.6 Å². The lowest BCUT2D eigenvalue weighted by Gasteiger charge is -2.52. The van der Waals surface area contributed by atoms with Crippen LogP contribution in [0.4, 0.5) is 0 Å². The monoisotopic (exact) mass is 776 g/mol. The molecule has 7 heteroatoms. The Hall–Kier alpha value is -3.66. The van der Waals surface area contributed by atoms with Gasteiger partial charge < -0.3 is 33.2 Å². The van der Waals surface area contributed by atoms with Crippen molar-refractivity contribution in [3.63, 3.8) is 0 Å². The van der Waals surface area contributed by atoms with Crippen LogP contribution < -0.4 is 0 Å². The van der Waals surface area contributed by atoms with Crippen LogP contribution in [-0.2, 0) is 59.6 Å². The molecule has 0 N–H and O–H groups in total. The Bertz CT molecular complexity index is 1710. The first-order valence-electron chi connectivity index (χ1n) is 21.2. The number of rotatable bonds is 21. The van der Waals surface area contributed by atoms with E-state index in [-0.39, 0.29) is 18.8 Å². The highest BCUT2D eigenvalue weighted by Gasteiger charge is 2.57. The van der Waals surface area contributed by atoms with Crippen LogP contribution in [0.5, 0.6) is 0 Å². The third kappa shape index (κ3) is 11.1. The zero-order chi connectivity index (χ0) is 39.9. The molecule has 0 spiro atoms. The molecule has 4 aromatic rings. The van der Waals surface area contributed by atoms with E-state index in [1.807, 2.05) is 72.8 Å². The van der Waals surface area contributed by atoms with Crippen LogP contribution in [0.2, 0.25) is 0 Å². The Balaban J connectivity index is 1.37. The highest BCUT2D eigenvalue weighted by molar-refractivity contribution is 5.18. The molecule has 2 aliphatic rings. The summed E-state index contributed by atoms with van der Waals surface area (Å²) in [5.74, 6) is -0.0157. The second kappa shape index (κ2) is 21.9. The Morgan fingerprint density at radius 2 is 0.965 bits per heavy atom. The van der Waals surface area contributed by atoms with E-state index in [9.17, 15) is 0 Å². The van der Waals surface area contributed by atoms with Crippen LogP contribution in [0.25, 0.3) is 0 Å². The van der Waals surface area contributed by atoms with Gasteiger partial charge in [0.15, 0.2) is 0 Å². The Morgan fingerprint density at radius 3 is 1.44 bits per heavy atom. The van der Waals surface area contributed by atoms with E-state index in [4.69, 9.17) is 33.2 Å². The SMILES string of the molecule is C=C[C@]1(OC[C@H]2O[C@H](CC)[C@H](CC)[C@@H](CC)[C@@H]2CC)O[C@H](COCc2ccccc2)[C@@H](OCc2ccccc2)[C@H](OCc2ccccc2)[C@H]1OCc1ccccc1. The predicted octanol–water partition coefficient (Wildman–Crippen LogP) is 10.5. The van der Waals surface area contributed by atoms with Gasteiger partial charge in [-0.1, -0.05) is 175 Å². The van der Waals surface area contributed by atoms with Crippen molar-refractivity contribution in [3.05, 3.63) is 156 Å². The smallest absolute Gasteiger partial charge is 0.217 e. The van der Waals surface area contributed by atoms with Crippen LogP contribution >= 0.6 is 0 Å². The molecule has 2 heterocycles. The van der Waals surface area contributed by atoms with Gasteiger partial charge in [0.2, 0.25) is 5.79 Å². The minimum Gasteiger partial charge on any atom is -0.374 e. The van der Waals surface area contributed by atoms with E-state index in [0.29, 0.717) is 50.8 Å². The molecule has 306 valence electrons. The number of hydrogen-bond donors (Lipinski definition) is 0. The van der Waals surface area contributed by atoms with E-state index in [0.717, 1.165) is 47.9 Å². The summed E-state index contributed by atoms with van der Waals surface area (Å²) in [7, 11) is 0. The lowest BCUT2D eigenvalue weighted by Crippen LogP contribution is -2.67. The van der Waals surface area contributed by atoms with E-state index < -0.39 is 30.2 Å². The molecule has 0 bridgehead atoms. The highest BCUT2D eigenvalue weighted by atomic mass is 16.7. The molecule has 57 heavy (non-hydrogen) atoms. The molecule has 0 aliphatic carbocycles. The van der Waals surface area contributed by atoms with Gasteiger partial charge in [0.25, 0.3) is 0 Å². The summed E-state index contributed by atoms with van der Waals surface area (Å²) in [6.07, 6.45) is 3.40. The van der Waals surface area contributed by atoms with Gasteiger partial charge in [0.05, 0.1) is 51.8 Å². The van der Waals surface area contributed by atoms with E-state index in [1.165, 1.54) is 0 Å². The standard InChI is InChI=1S/C50H64O7/c1-6-41-42(7-2)44(9-4)56-45(43(41)8-3)36-55-50(10-5)49(54-34-40-29-21-14-22-30-40)48(53-33-39-27-19-13-20-28-39)47(52-32-38-25-17-12-18-26-38)46(57-50)35-51-31-37-23-15-11-16-24-37/h10-30,41-49H,5-9,31-36H2,1-4H3/t41-,42-,43+,44-,45-,46-,47-,48+,49-,50+/m1/s1. The van der Waals surface area contributed by atoms with E-state index in [2.05, 4.69) is 82.8 Å². The zero-order valence-corrected chi connectivity index (χ0v) is 34.5. The molecule has 0 amide bonds. The summed E-state index contributed by atoms with van der Waals surface area (Å²) in [4.78, 5) is 0. The maximum absolute atomic E-state index is 7.20. The van der Waals surface area contributed by atoms with Crippen molar-refractivity contribution in [3.8, 4) is 0 Å². The van der Waals surface area contributed by atoms with Gasteiger partial charge >= 0.3 is 0 Å². The fourth-order valence-electron chi connectivity index (χ4n) is 9.01. The van der Waals surface area contributed by atoms with Gasteiger partial charge in [-0.25, -0.2) is 0 Å². The van der Waals surface area contributed by atoms with Crippen molar-refractivity contribution in [1.29, 1.82) is 0 Å². The number of ether oxygens (including phenoxy) is 7. The lowest BCUT2D eigenvalue weighted by atomic mass is 9.70.